The molecule has 27 heavy (non-hydrogen) atoms. The molecule has 0 aliphatic carbocycles. The van der Waals surface area contributed by atoms with E-state index in [-0.39, 0.29) is 29.4 Å². The fourth-order valence-corrected chi connectivity index (χ4v) is 4.54. The molecule has 3 rings (SSSR count). The average molecular weight is 410 g/mol. The lowest BCUT2D eigenvalue weighted by Crippen LogP contribution is -2.33. The van der Waals surface area contributed by atoms with Crippen LogP contribution in [-0.2, 0) is 9.59 Å². The highest BCUT2D eigenvalue weighted by atomic mass is 32.2. The zero-order valence-corrected chi connectivity index (χ0v) is 16.6. The number of aryl methyl sites for hydroxylation is 1. The minimum absolute atomic E-state index is 0.140. The van der Waals surface area contributed by atoms with Crippen LogP contribution >= 0.6 is 23.5 Å². The van der Waals surface area contributed by atoms with Crippen molar-refractivity contribution in [1.82, 2.24) is 10.5 Å². The standard InChI is InChI=1S/C18H20FN3O3S2/c1-10-8-15(22-25-10)21-18(24)11(2)27-9-16(23)20-14-6-7-26-17-12(14)4-3-5-13(17)19/h3-5,8,11,14H,6-7,9H2,1-2H3,(H,20,23)(H,21,22,24)/t11-,14-/m1/s1. The molecule has 2 aromatic rings. The summed E-state index contributed by atoms with van der Waals surface area (Å²) in [6.07, 6.45) is 0.749. The van der Waals surface area contributed by atoms with E-state index in [1.165, 1.54) is 29.6 Å². The maximum atomic E-state index is 13.9. The first-order chi connectivity index (χ1) is 12.9. The molecule has 2 N–H and O–H groups in total. The summed E-state index contributed by atoms with van der Waals surface area (Å²) in [6.45, 7) is 3.46. The molecule has 0 fully saturated rings. The Hall–Kier alpha value is -2.00. The molecule has 1 aliphatic rings. The maximum Gasteiger partial charge on any atom is 0.238 e. The van der Waals surface area contributed by atoms with Gasteiger partial charge in [0.25, 0.3) is 0 Å². The van der Waals surface area contributed by atoms with Gasteiger partial charge in [0.15, 0.2) is 5.82 Å². The Kier molecular flexibility index (Phi) is 6.43. The van der Waals surface area contributed by atoms with Crippen molar-refractivity contribution in [3.63, 3.8) is 0 Å². The van der Waals surface area contributed by atoms with Gasteiger partial charge in [-0.1, -0.05) is 17.3 Å². The van der Waals surface area contributed by atoms with Crippen LogP contribution < -0.4 is 10.6 Å². The minimum atomic E-state index is -0.431. The maximum absolute atomic E-state index is 13.9. The van der Waals surface area contributed by atoms with Gasteiger partial charge in [-0.2, -0.15) is 0 Å². The van der Waals surface area contributed by atoms with Crippen molar-refractivity contribution in [2.75, 3.05) is 16.8 Å². The number of carbonyl (C=O) groups excluding carboxylic acids is 2. The van der Waals surface area contributed by atoms with Crippen molar-refractivity contribution in [3.05, 3.63) is 41.4 Å². The van der Waals surface area contributed by atoms with Crippen molar-refractivity contribution in [2.24, 2.45) is 0 Å². The lowest BCUT2D eigenvalue weighted by molar-refractivity contribution is -0.119. The lowest BCUT2D eigenvalue weighted by Gasteiger charge is -2.26. The number of fused-ring (bicyclic) bond motifs is 1. The largest absolute Gasteiger partial charge is 0.360 e. The van der Waals surface area contributed by atoms with Crippen molar-refractivity contribution in [2.45, 2.75) is 36.5 Å². The third-order valence-corrected chi connectivity index (χ3v) is 6.38. The van der Waals surface area contributed by atoms with Crippen LogP contribution in [0.25, 0.3) is 0 Å². The van der Waals surface area contributed by atoms with Gasteiger partial charge >= 0.3 is 0 Å². The van der Waals surface area contributed by atoms with E-state index in [9.17, 15) is 14.0 Å². The first kappa shape index (κ1) is 19.8. The Morgan fingerprint density at radius 2 is 2.30 bits per heavy atom. The number of benzene rings is 1. The number of halogens is 1. The third-order valence-electron chi connectivity index (χ3n) is 4.07. The fraction of sp³-hybridized carbons (Fsp3) is 0.389. The number of amides is 2. The van der Waals surface area contributed by atoms with Crippen molar-refractivity contribution < 1.29 is 18.5 Å². The third kappa shape index (κ3) is 5.04. The second kappa shape index (κ2) is 8.79. The van der Waals surface area contributed by atoms with Gasteiger partial charge in [0, 0.05) is 16.7 Å². The van der Waals surface area contributed by atoms with Crippen LogP contribution in [0.4, 0.5) is 10.2 Å². The van der Waals surface area contributed by atoms with E-state index in [0.717, 1.165) is 17.7 Å². The van der Waals surface area contributed by atoms with Crippen molar-refractivity contribution >= 4 is 41.2 Å². The van der Waals surface area contributed by atoms with E-state index in [1.54, 1.807) is 26.0 Å². The molecule has 1 aromatic carbocycles. The summed E-state index contributed by atoms with van der Waals surface area (Å²) in [4.78, 5) is 25.0. The molecule has 0 spiro atoms. The van der Waals surface area contributed by atoms with Crippen LogP contribution in [0.5, 0.6) is 0 Å². The minimum Gasteiger partial charge on any atom is -0.360 e. The normalized spacial score (nSPS) is 17.1. The molecule has 0 radical (unpaired) electrons. The molecular weight excluding hydrogens is 389 g/mol. The predicted molar refractivity (Wildman–Crippen MR) is 104 cm³/mol. The Bertz CT molecular complexity index is 843. The first-order valence-electron chi connectivity index (χ1n) is 8.50. The van der Waals surface area contributed by atoms with Gasteiger partial charge in [-0.3, -0.25) is 9.59 Å². The number of nitrogens with one attached hydrogen (secondary N) is 2. The SMILES string of the molecule is Cc1cc(NC(=O)[C@@H](C)SCC(=O)N[C@@H]2CCSc3c(F)cccc32)no1. The molecule has 0 unspecified atom stereocenters. The lowest BCUT2D eigenvalue weighted by atomic mass is 10.0. The second-order valence-corrected chi connectivity index (χ2v) is 8.61. The molecule has 0 saturated heterocycles. The summed E-state index contributed by atoms with van der Waals surface area (Å²) in [5.41, 5.74) is 0.816. The van der Waals surface area contributed by atoms with Gasteiger partial charge in [-0.05, 0) is 31.9 Å². The second-order valence-electron chi connectivity index (χ2n) is 6.18. The van der Waals surface area contributed by atoms with Crippen LogP contribution in [0.3, 0.4) is 0 Å². The first-order valence-corrected chi connectivity index (χ1v) is 10.5. The van der Waals surface area contributed by atoms with Crippen molar-refractivity contribution in [1.29, 1.82) is 0 Å². The summed E-state index contributed by atoms with van der Waals surface area (Å²) < 4.78 is 18.8. The van der Waals surface area contributed by atoms with E-state index in [4.69, 9.17) is 4.52 Å². The topological polar surface area (TPSA) is 84.2 Å². The zero-order chi connectivity index (χ0) is 19.4. The average Bonchev–Trinajstić information content (AvgIpc) is 3.05. The van der Waals surface area contributed by atoms with Gasteiger partial charge in [0.1, 0.15) is 11.6 Å². The highest BCUT2D eigenvalue weighted by Crippen LogP contribution is 2.37. The number of anilines is 1. The molecule has 2 amide bonds. The molecule has 1 aliphatic heterocycles. The smallest absolute Gasteiger partial charge is 0.238 e. The monoisotopic (exact) mass is 409 g/mol. The van der Waals surface area contributed by atoms with Crippen LogP contribution in [0.1, 0.15) is 30.7 Å². The van der Waals surface area contributed by atoms with Crippen LogP contribution in [0.2, 0.25) is 0 Å². The number of hydrogen-bond acceptors (Lipinski definition) is 6. The molecular formula is C18H20FN3O3S2. The molecule has 6 nitrogen and oxygen atoms in total. The molecule has 2 atom stereocenters. The Morgan fingerprint density at radius 3 is 3.04 bits per heavy atom. The quantitative estimate of drug-likeness (QED) is 0.759. The van der Waals surface area contributed by atoms with E-state index in [2.05, 4.69) is 15.8 Å². The van der Waals surface area contributed by atoms with Gasteiger partial charge in [-0.15, -0.1) is 23.5 Å². The Labute approximate surface area is 165 Å². The van der Waals surface area contributed by atoms with Gasteiger partial charge in [0.05, 0.1) is 17.0 Å². The van der Waals surface area contributed by atoms with E-state index in [0.29, 0.717) is 16.5 Å². The fourth-order valence-electron chi connectivity index (χ4n) is 2.70. The molecule has 9 heteroatoms. The van der Waals surface area contributed by atoms with Crippen LogP contribution in [-0.4, -0.2) is 33.7 Å². The summed E-state index contributed by atoms with van der Waals surface area (Å²) in [6, 6.07) is 6.36. The van der Waals surface area contributed by atoms with E-state index >= 15 is 0 Å². The number of hydrogen-bond donors (Lipinski definition) is 2. The number of thioether (sulfide) groups is 2. The zero-order valence-electron chi connectivity index (χ0n) is 15.0. The summed E-state index contributed by atoms with van der Waals surface area (Å²) in [5.74, 6) is 1.17. The number of carbonyl (C=O) groups is 2. The molecule has 144 valence electrons. The Morgan fingerprint density at radius 1 is 1.48 bits per heavy atom. The highest BCUT2D eigenvalue weighted by molar-refractivity contribution is 8.01. The van der Waals surface area contributed by atoms with Crippen molar-refractivity contribution in [3.8, 4) is 0 Å². The number of nitrogens with zero attached hydrogens (tertiary/aromatic N) is 1. The molecule has 2 heterocycles. The van der Waals surface area contributed by atoms with Gasteiger partial charge < -0.3 is 15.2 Å². The highest BCUT2D eigenvalue weighted by Gasteiger charge is 2.25. The molecule has 0 saturated carbocycles. The van der Waals surface area contributed by atoms with Crippen LogP contribution in [0.15, 0.2) is 33.7 Å². The summed E-state index contributed by atoms with van der Waals surface area (Å²) in [7, 11) is 0. The number of aromatic nitrogens is 1. The van der Waals surface area contributed by atoms with E-state index < -0.39 is 5.25 Å². The Balaban J connectivity index is 1.50. The number of rotatable bonds is 6. The van der Waals surface area contributed by atoms with Gasteiger partial charge in [0.2, 0.25) is 11.8 Å². The van der Waals surface area contributed by atoms with E-state index in [1.807, 2.05) is 6.07 Å². The molecule has 1 aromatic heterocycles. The summed E-state index contributed by atoms with van der Waals surface area (Å²) >= 11 is 2.70. The predicted octanol–water partition coefficient (Wildman–Crippen LogP) is 3.54. The summed E-state index contributed by atoms with van der Waals surface area (Å²) in [5, 5.41) is 8.88. The van der Waals surface area contributed by atoms with Gasteiger partial charge in [-0.25, -0.2) is 4.39 Å². The molecule has 0 bridgehead atoms. The van der Waals surface area contributed by atoms with Crippen LogP contribution in [0, 0.1) is 12.7 Å².